The van der Waals surface area contributed by atoms with Gasteiger partial charge in [0.15, 0.2) is 0 Å². The van der Waals surface area contributed by atoms with Crippen molar-refractivity contribution in [3.8, 4) is 0 Å². The summed E-state index contributed by atoms with van der Waals surface area (Å²) in [6.45, 7) is 7.27. The van der Waals surface area contributed by atoms with Crippen molar-refractivity contribution in [2.75, 3.05) is 24.1 Å². The van der Waals surface area contributed by atoms with Gasteiger partial charge in [-0.15, -0.1) is 0 Å². The van der Waals surface area contributed by atoms with Crippen molar-refractivity contribution in [3.63, 3.8) is 0 Å². The molecule has 0 atom stereocenters. The van der Waals surface area contributed by atoms with Crippen LogP contribution in [0.3, 0.4) is 0 Å². The van der Waals surface area contributed by atoms with Gasteiger partial charge in [0.1, 0.15) is 0 Å². The summed E-state index contributed by atoms with van der Waals surface area (Å²) in [4.78, 5) is 26.1. The van der Waals surface area contributed by atoms with E-state index in [9.17, 15) is 9.59 Å². The van der Waals surface area contributed by atoms with Gasteiger partial charge < -0.3 is 16.0 Å². The highest BCUT2D eigenvalue weighted by atomic mass is 16.2. The van der Waals surface area contributed by atoms with Crippen LogP contribution in [0, 0.1) is 6.92 Å². The standard InChI is InChI=1S/C17H27N3O2/c1-4-6-10-20(11-7-5-2)17(22)16(21)19-15-12-13(3)8-9-14(15)18/h8-9,12H,4-7,10-11,18H2,1-3H3,(H,19,21). The number of nitrogens with zero attached hydrogens (tertiary/aromatic N) is 1. The van der Waals surface area contributed by atoms with Crippen LogP contribution in [-0.2, 0) is 9.59 Å². The molecule has 0 aromatic heterocycles. The van der Waals surface area contributed by atoms with Gasteiger partial charge in [-0.3, -0.25) is 9.59 Å². The fourth-order valence-corrected chi connectivity index (χ4v) is 2.11. The lowest BCUT2D eigenvalue weighted by molar-refractivity contribution is -0.143. The molecule has 0 aliphatic rings. The monoisotopic (exact) mass is 305 g/mol. The van der Waals surface area contributed by atoms with Crippen LogP contribution in [0.5, 0.6) is 0 Å². The zero-order chi connectivity index (χ0) is 16.5. The van der Waals surface area contributed by atoms with Gasteiger partial charge >= 0.3 is 11.8 Å². The molecule has 0 saturated carbocycles. The lowest BCUT2D eigenvalue weighted by atomic mass is 10.2. The van der Waals surface area contributed by atoms with E-state index in [1.54, 1.807) is 17.0 Å². The van der Waals surface area contributed by atoms with E-state index in [0.29, 0.717) is 24.5 Å². The van der Waals surface area contributed by atoms with E-state index in [4.69, 9.17) is 5.73 Å². The van der Waals surface area contributed by atoms with Crippen LogP contribution in [0.1, 0.15) is 45.1 Å². The number of rotatable bonds is 7. The van der Waals surface area contributed by atoms with Crippen LogP contribution in [0.2, 0.25) is 0 Å². The fraction of sp³-hybridized carbons (Fsp3) is 0.529. The molecule has 0 aliphatic heterocycles. The Bertz CT molecular complexity index is 507. The van der Waals surface area contributed by atoms with Crippen molar-refractivity contribution < 1.29 is 9.59 Å². The Labute approximate surface area is 132 Å². The van der Waals surface area contributed by atoms with Gasteiger partial charge in [-0.1, -0.05) is 32.8 Å². The van der Waals surface area contributed by atoms with Gasteiger partial charge in [-0.05, 0) is 37.5 Å². The molecule has 1 rings (SSSR count). The first-order chi connectivity index (χ1) is 10.5. The van der Waals surface area contributed by atoms with Crippen molar-refractivity contribution >= 4 is 23.2 Å². The molecule has 122 valence electrons. The van der Waals surface area contributed by atoms with Gasteiger partial charge in [-0.2, -0.15) is 0 Å². The topological polar surface area (TPSA) is 75.4 Å². The quantitative estimate of drug-likeness (QED) is 0.600. The normalized spacial score (nSPS) is 10.3. The number of nitrogen functional groups attached to an aromatic ring is 1. The van der Waals surface area contributed by atoms with E-state index in [0.717, 1.165) is 31.2 Å². The van der Waals surface area contributed by atoms with Crippen LogP contribution >= 0.6 is 0 Å². The van der Waals surface area contributed by atoms with Crippen LogP contribution in [0.4, 0.5) is 11.4 Å². The van der Waals surface area contributed by atoms with E-state index in [1.165, 1.54) is 0 Å². The van der Waals surface area contributed by atoms with E-state index in [2.05, 4.69) is 19.2 Å². The number of nitrogens with two attached hydrogens (primary N) is 1. The Morgan fingerprint density at radius 2 is 1.73 bits per heavy atom. The molecule has 0 bridgehead atoms. The summed E-state index contributed by atoms with van der Waals surface area (Å²) in [6, 6.07) is 5.35. The molecule has 0 saturated heterocycles. The maximum absolute atomic E-state index is 12.3. The Kier molecular flexibility index (Phi) is 7.43. The molecule has 0 fully saturated rings. The van der Waals surface area contributed by atoms with E-state index >= 15 is 0 Å². The van der Waals surface area contributed by atoms with Gasteiger partial charge in [0.2, 0.25) is 0 Å². The SMILES string of the molecule is CCCCN(CCCC)C(=O)C(=O)Nc1cc(C)ccc1N. The maximum Gasteiger partial charge on any atom is 0.313 e. The van der Waals surface area contributed by atoms with Crippen LogP contribution in [0.25, 0.3) is 0 Å². The molecular formula is C17H27N3O2. The van der Waals surface area contributed by atoms with Crippen molar-refractivity contribution in [2.45, 2.75) is 46.5 Å². The minimum atomic E-state index is -0.621. The predicted octanol–water partition coefficient (Wildman–Crippen LogP) is 2.94. The summed E-state index contributed by atoms with van der Waals surface area (Å²) in [6.07, 6.45) is 3.77. The van der Waals surface area contributed by atoms with E-state index in [-0.39, 0.29) is 0 Å². The molecule has 0 aliphatic carbocycles. The number of hydrogen-bond donors (Lipinski definition) is 2. The Balaban J connectivity index is 2.75. The molecule has 0 heterocycles. The maximum atomic E-state index is 12.3. The number of benzene rings is 1. The molecule has 2 amide bonds. The van der Waals surface area contributed by atoms with Gasteiger partial charge in [0.25, 0.3) is 0 Å². The molecule has 1 aromatic rings. The zero-order valence-corrected chi connectivity index (χ0v) is 13.8. The zero-order valence-electron chi connectivity index (χ0n) is 13.8. The molecule has 5 nitrogen and oxygen atoms in total. The minimum Gasteiger partial charge on any atom is -0.397 e. The largest absolute Gasteiger partial charge is 0.397 e. The van der Waals surface area contributed by atoms with Gasteiger partial charge in [0, 0.05) is 13.1 Å². The molecule has 0 unspecified atom stereocenters. The second kappa shape index (κ2) is 9.07. The number of amides is 2. The first-order valence-corrected chi connectivity index (χ1v) is 7.96. The smallest absolute Gasteiger partial charge is 0.313 e. The van der Waals surface area contributed by atoms with Crippen molar-refractivity contribution in [1.82, 2.24) is 4.90 Å². The highest BCUT2D eigenvalue weighted by Crippen LogP contribution is 2.19. The van der Waals surface area contributed by atoms with Crippen LogP contribution < -0.4 is 11.1 Å². The number of anilines is 2. The fourth-order valence-electron chi connectivity index (χ4n) is 2.11. The number of hydrogen-bond acceptors (Lipinski definition) is 3. The highest BCUT2D eigenvalue weighted by molar-refractivity contribution is 6.39. The summed E-state index contributed by atoms with van der Waals surface area (Å²) in [5, 5.41) is 2.63. The number of unbranched alkanes of at least 4 members (excludes halogenated alkanes) is 2. The second-order valence-corrected chi connectivity index (χ2v) is 5.54. The van der Waals surface area contributed by atoms with Crippen molar-refractivity contribution in [1.29, 1.82) is 0 Å². The first kappa shape index (κ1) is 18.0. The number of carbonyl (C=O) groups excluding carboxylic acids is 2. The summed E-state index contributed by atoms with van der Waals surface area (Å²) < 4.78 is 0. The average molecular weight is 305 g/mol. The molecule has 1 aromatic carbocycles. The molecule has 3 N–H and O–H groups in total. The Morgan fingerprint density at radius 3 is 2.27 bits per heavy atom. The third-order valence-electron chi connectivity index (χ3n) is 3.50. The number of aryl methyl sites for hydroxylation is 1. The van der Waals surface area contributed by atoms with Crippen LogP contribution in [-0.4, -0.2) is 29.8 Å². The lowest BCUT2D eigenvalue weighted by Gasteiger charge is -2.22. The Hall–Kier alpha value is -2.04. The second-order valence-electron chi connectivity index (χ2n) is 5.54. The Morgan fingerprint density at radius 1 is 1.14 bits per heavy atom. The lowest BCUT2D eigenvalue weighted by Crippen LogP contribution is -2.41. The number of carbonyl (C=O) groups is 2. The molecular weight excluding hydrogens is 278 g/mol. The van der Waals surface area contributed by atoms with Gasteiger partial charge in [-0.25, -0.2) is 0 Å². The van der Waals surface area contributed by atoms with E-state index < -0.39 is 11.8 Å². The average Bonchev–Trinajstić information content (AvgIpc) is 2.50. The molecule has 0 radical (unpaired) electrons. The summed E-state index contributed by atoms with van der Waals surface area (Å²) >= 11 is 0. The van der Waals surface area contributed by atoms with Gasteiger partial charge in [0.05, 0.1) is 11.4 Å². The summed E-state index contributed by atoms with van der Waals surface area (Å²) in [5.41, 5.74) is 7.76. The molecule has 0 spiro atoms. The molecule has 22 heavy (non-hydrogen) atoms. The third kappa shape index (κ3) is 5.39. The van der Waals surface area contributed by atoms with E-state index in [1.807, 2.05) is 13.0 Å². The minimum absolute atomic E-state index is 0.459. The molecule has 5 heteroatoms. The number of nitrogens with one attached hydrogen (secondary N) is 1. The van der Waals surface area contributed by atoms with Crippen LogP contribution in [0.15, 0.2) is 18.2 Å². The summed E-state index contributed by atoms with van der Waals surface area (Å²) in [7, 11) is 0. The van der Waals surface area contributed by atoms with Crippen molar-refractivity contribution in [2.24, 2.45) is 0 Å². The predicted molar refractivity (Wildman–Crippen MR) is 90.6 cm³/mol. The highest BCUT2D eigenvalue weighted by Gasteiger charge is 2.21. The third-order valence-corrected chi connectivity index (χ3v) is 3.50. The van der Waals surface area contributed by atoms with Crippen molar-refractivity contribution in [3.05, 3.63) is 23.8 Å². The first-order valence-electron chi connectivity index (χ1n) is 7.96. The summed E-state index contributed by atoms with van der Waals surface area (Å²) in [5.74, 6) is -1.10.